The van der Waals surface area contributed by atoms with E-state index in [2.05, 4.69) is 59.3 Å². The number of rotatable bonds is 4. The second kappa shape index (κ2) is 7.99. The quantitative estimate of drug-likeness (QED) is 0.748. The van der Waals surface area contributed by atoms with E-state index < -0.39 is 0 Å². The number of anilines is 3. The van der Waals surface area contributed by atoms with Gasteiger partial charge in [-0.05, 0) is 19.1 Å². The number of hydrogen-bond donors (Lipinski definition) is 1. The van der Waals surface area contributed by atoms with E-state index in [9.17, 15) is 4.79 Å². The third-order valence-electron chi connectivity index (χ3n) is 4.59. The van der Waals surface area contributed by atoms with Crippen molar-refractivity contribution in [3.63, 3.8) is 0 Å². The van der Waals surface area contributed by atoms with Gasteiger partial charge in [-0.15, -0.1) is 0 Å². The molecule has 3 aromatic rings. The lowest BCUT2D eigenvalue weighted by Gasteiger charge is -2.36. The second-order valence-corrected chi connectivity index (χ2v) is 6.58. The maximum Gasteiger partial charge on any atom is 0.275 e. The molecule has 0 saturated carbocycles. The summed E-state index contributed by atoms with van der Waals surface area (Å²) in [4.78, 5) is 33.7. The lowest BCUT2D eigenvalue weighted by Crippen LogP contribution is -2.47. The minimum Gasteiger partial charge on any atom is -0.368 e. The number of benzene rings is 1. The Hall–Kier alpha value is -3.55. The fraction of sp³-hybridized carbons (Fsp3) is 0.250. The van der Waals surface area contributed by atoms with Crippen LogP contribution in [-0.2, 0) is 0 Å². The highest BCUT2D eigenvalue weighted by Gasteiger charge is 2.19. The Kier molecular flexibility index (Phi) is 5.09. The van der Waals surface area contributed by atoms with Crippen molar-refractivity contribution in [2.24, 2.45) is 0 Å². The van der Waals surface area contributed by atoms with Gasteiger partial charge >= 0.3 is 0 Å². The van der Waals surface area contributed by atoms with E-state index in [1.807, 2.05) is 13.0 Å². The van der Waals surface area contributed by atoms with Crippen LogP contribution in [-0.4, -0.2) is 52.0 Å². The number of nitrogens with one attached hydrogen (secondary N) is 1. The van der Waals surface area contributed by atoms with E-state index in [1.165, 1.54) is 11.9 Å². The maximum absolute atomic E-state index is 12.2. The Morgan fingerprint density at radius 3 is 2.18 bits per heavy atom. The van der Waals surface area contributed by atoms with Crippen LogP contribution < -0.4 is 15.1 Å². The van der Waals surface area contributed by atoms with E-state index >= 15 is 0 Å². The van der Waals surface area contributed by atoms with Gasteiger partial charge in [-0.25, -0.2) is 15.0 Å². The number of nitrogens with zero attached hydrogens (tertiary/aromatic N) is 6. The van der Waals surface area contributed by atoms with Gasteiger partial charge in [0.2, 0.25) is 5.95 Å². The van der Waals surface area contributed by atoms with Gasteiger partial charge < -0.3 is 15.1 Å². The van der Waals surface area contributed by atoms with Crippen molar-refractivity contribution < 1.29 is 4.79 Å². The number of aryl methyl sites for hydroxylation is 1. The molecule has 1 saturated heterocycles. The summed E-state index contributed by atoms with van der Waals surface area (Å²) in [6.45, 7) is 5.34. The van der Waals surface area contributed by atoms with Crippen LogP contribution in [0.2, 0.25) is 0 Å². The zero-order valence-electron chi connectivity index (χ0n) is 15.6. The van der Waals surface area contributed by atoms with Gasteiger partial charge in [0.05, 0.1) is 30.0 Å². The molecular weight excluding hydrogens is 354 g/mol. The summed E-state index contributed by atoms with van der Waals surface area (Å²) in [6, 6.07) is 10.4. The van der Waals surface area contributed by atoms with E-state index in [1.54, 1.807) is 18.6 Å². The molecule has 142 valence electrons. The van der Waals surface area contributed by atoms with Gasteiger partial charge in [0.25, 0.3) is 5.91 Å². The molecule has 0 unspecified atom stereocenters. The Balaban J connectivity index is 1.35. The summed E-state index contributed by atoms with van der Waals surface area (Å²) >= 11 is 0. The number of para-hydroxylation sites is 1. The fourth-order valence-corrected chi connectivity index (χ4v) is 3.06. The standard InChI is InChI=1S/C20H21N7O/c1-15-11-22-18(14-21-15)19(28)25-16-12-23-20(24-13-16)27-9-7-26(8-10-27)17-5-3-2-4-6-17/h2-6,11-14H,7-10H2,1H3,(H,25,28). The van der Waals surface area contributed by atoms with Crippen LogP contribution >= 0.6 is 0 Å². The number of amides is 1. The van der Waals surface area contributed by atoms with Gasteiger partial charge in [-0.3, -0.25) is 9.78 Å². The minimum absolute atomic E-state index is 0.256. The van der Waals surface area contributed by atoms with Gasteiger partial charge in [0, 0.05) is 38.1 Å². The topological polar surface area (TPSA) is 87.1 Å². The van der Waals surface area contributed by atoms with E-state index in [0.29, 0.717) is 11.6 Å². The summed E-state index contributed by atoms with van der Waals surface area (Å²) < 4.78 is 0. The Labute approximate surface area is 163 Å². The first-order chi connectivity index (χ1) is 13.7. The Morgan fingerprint density at radius 2 is 1.54 bits per heavy atom. The molecule has 1 aliphatic heterocycles. The molecule has 3 heterocycles. The molecule has 8 nitrogen and oxygen atoms in total. The zero-order chi connectivity index (χ0) is 19.3. The van der Waals surface area contributed by atoms with E-state index in [-0.39, 0.29) is 11.6 Å². The average Bonchev–Trinajstić information content (AvgIpc) is 2.75. The zero-order valence-corrected chi connectivity index (χ0v) is 15.6. The molecule has 8 heteroatoms. The smallest absolute Gasteiger partial charge is 0.275 e. The summed E-state index contributed by atoms with van der Waals surface area (Å²) in [7, 11) is 0. The van der Waals surface area contributed by atoms with Crippen LogP contribution in [0, 0.1) is 6.92 Å². The normalized spacial score (nSPS) is 14.0. The number of aromatic nitrogens is 4. The van der Waals surface area contributed by atoms with Crippen molar-refractivity contribution in [1.29, 1.82) is 0 Å². The molecular formula is C20H21N7O. The first-order valence-electron chi connectivity index (χ1n) is 9.16. The molecule has 1 aromatic carbocycles. The third-order valence-corrected chi connectivity index (χ3v) is 4.59. The lowest BCUT2D eigenvalue weighted by molar-refractivity contribution is 0.102. The molecule has 0 radical (unpaired) electrons. The van der Waals surface area contributed by atoms with Gasteiger partial charge in [0.15, 0.2) is 0 Å². The summed E-state index contributed by atoms with van der Waals surface area (Å²) in [6.07, 6.45) is 6.24. The SMILES string of the molecule is Cc1cnc(C(=O)Nc2cnc(N3CCN(c4ccccc4)CC3)nc2)cn1. The average molecular weight is 375 g/mol. The molecule has 1 aliphatic rings. The van der Waals surface area contributed by atoms with E-state index in [0.717, 1.165) is 31.9 Å². The predicted molar refractivity (Wildman–Crippen MR) is 108 cm³/mol. The highest BCUT2D eigenvalue weighted by atomic mass is 16.1. The monoisotopic (exact) mass is 375 g/mol. The highest BCUT2D eigenvalue weighted by molar-refractivity contribution is 6.02. The highest BCUT2D eigenvalue weighted by Crippen LogP contribution is 2.18. The molecule has 0 bridgehead atoms. The first kappa shape index (κ1) is 17.8. The third kappa shape index (κ3) is 4.06. The molecule has 1 amide bonds. The summed E-state index contributed by atoms with van der Waals surface area (Å²) in [5.74, 6) is 0.334. The van der Waals surface area contributed by atoms with Crippen LogP contribution in [0.5, 0.6) is 0 Å². The minimum atomic E-state index is -0.333. The number of piperazine rings is 1. The van der Waals surface area contributed by atoms with Crippen molar-refractivity contribution in [3.05, 3.63) is 66.5 Å². The Bertz CT molecular complexity index is 921. The molecule has 1 fully saturated rings. The van der Waals surface area contributed by atoms with Crippen LogP contribution in [0.4, 0.5) is 17.3 Å². The summed E-state index contributed by atoms with van der Waals surface area (Å²) in [5, 5.41) is 2.74. The van der Waals surface area contributed by atoms with Crippen molar-refractivity contribution in [2.75, 3.05) is 41.3 Å². The largest absolute Gasteiger partial charge is 0.368 e. The van der Waals surface area contributed by atoms with Gasteiger partial charge in [0.1, 0.15) is 5.69 Å². The molecule has 28 heavy (non-hydrogen) atoms. The van der Waals surface area contributed by atoms with Crippen molar-refractivity contribution in [2.45, 2.75) is 6.92 Å². The number of carbonyl (C=O) groups is 1. The Morgan fingerprint density at radius 1 is 0.857 bits per heavy atom. The molecule has 2 aromatic heterocycles. The lowest BCUT2D eigenvalue weighted by atomic mass is 10.2. The molecule has 1 N–H and O–H groups in total. The molecule has 4 rings (SSSR count). The van der Waals surface area contributed by atoms with Crippen molar-refractivity contribution >= 4 is 23.2 Å². The van der Waals surface area contributed by atoms with Crippen LogP contribution in [0.1, 0.15) is 16.2 Å². The van der Waals surface area contributed by atoms with Crippen LogP contribution in [0.15, 0.2) is 55.1 Å². The number of hydrogen-bond acceptors (Lipinski definition) is 7. The molecule has 0 atom stereocenters. The number of carbonyl (C=O) groups excluding carboxylic acids is 1. The predicted octanol–water partition coefficient (Wildman–Crippen LogP) is 2.15. The summed E-state index contributed by atoms with van der Waals surface area (Å²) in [5.41, 5.74) is 2.78. The second-order valence-electron chi connectivity index (χ2n) is 6.58. The van der Waals surface area contributed by atoms with Crippen LogP contribution in [0.25, 0.3) is 0 Å². The van der Waals surface area contributed by atoms with Gasteiger partial charge in [-0.1, -0.05) is 18.2 Å². The molecule has 0 spiro atoms. The van der Waals surface area contributed by atoms with Crippen molar-refractivity contribution in [1.82, 2.24) is 19.9 Å². The molecule has 0 aliphatic carbocycles. The first-order valence-corrected chi connectivity index (χ1v) is 9.16. The maximum atomic E-state index is 12.2. The van der Waals surface area contributed by atoms with Gasteiger partial charge in [-0.2, -0.15) is 0 Å². The van der Waals surface area contributed by atoms with Crippen LogP contribution in [0.3, 0.4) is 0 Å². The fourth-order valence-electron chi connectivity index (χ4n) is 3.06. The van der Waals surface area contributed by atoms with E-state index in [4.69, 9.17) is 0 Å². The van der Waals surface area contributed by atoms with Crippen molar-refractivity contribution in [3.8, 4) is 0 Å².